The van der Waals surface area contributed by atoms with E-state index in [9.17, 15) is 14.4 Å². The van der Waals surface area contributed by atoms with Gasteiger partial charge < -0.3 is 5.32 Å². The van der Waals surface area contributed by atoms with Gasteiger partial charge in [-0.1, -0.05) is 18.2 Å². The van der Waals surface area contributed by atoms with Crippen molar-refractivity contribution >= 4 is 23.4 Å². The fourth-order valence-corrected chi connectivity index (χ4v) is 2.77. The van der Waals surface area contributed by atoms with Crippen LogP contribution >= 0.6 is 0 Å². The number of carbonyl (C=O) groups excluding carboxylic acids is 3. The predicted octanol–water partition coefficient (Wildman–Crippen LogP) is 0.335. The molecule has 6 heteroatoms. The SMILES string of the molecule is O=C1CCC(NC2CCc3ccccc3NC2=O)C(=O)N1. The molecule has 1 aromatic rings. The zero-order chi connectivity index (χ0) is 14.8. The van der Waals surface area contributed by atoms with E-state index >= 15 is 0 Å². The highest BCUT2D eigenvalue weighted by Crippen LogP contribution is 2.22. The molecule has 3 amide bonds. The summed E-state index contributed by atoms with van der Waals surface area (Å²) in [5, 5.41) is 8.26. The molecule has 0 saturated carbocycles. The molecule has 3 rings (SSSR count). The van der Waals surface area contributed by atoms with Gasteiger partial charge in [0.05, 0.1) is 12.1 Å². The highest BCUT2D eigenvalue weighted by molar-refractivity contribution is 6.01. The van der Waals surface area contributed by atoms with Gasteiger partial charge in [-0.3, -0.25) is 25.0 Å². The van der Waals surface area contributed by atoms with Crippen LogP contribution in [0.2, 0.25) is 0 Å². The van der Waals surface area contributed by atoms with E-state index in [-0.39, 0.29) is 17.7 Å². The lowest BCUT2D eigenvalue weighted by molar-refractivity contribution is -0.135. The number of rotatable bonds is 2. The molecule has 0 bridgehead atoms. The van der Waals surface area contributed by atoms with Crippen LogP contribution in [0.25, 0.3) is 0 Å². The minimum absolute atomic E-state index is 0.135. The van der Waals surface area contributed by atoms with Crippen molar-refractivity contribution in [1.29, 1.82) is 0 Å². The third-order valence-electron chi connectivity index (χ3n) is 3.94. The van der Waals surface area contributed by atoms with E-state index in [0.717, 1.165) is 17.7 Å². The van der Waals surface area contributed by atoms with Gasteiger partial charge >= 0.3 is 0 Å². The predicted molar refractivity (Wildman–Crippen MR) is 76.5 cm³/mol. The van der Waals surface area contributed by atoms with Crippen molar-refractivity contribution in [2.45, 2.75) is 37.8 Å². The second-order valence-electron chi connectivity index (χ2n) is 5.41. The van der Waals surface area contributed by atoms with Gasteiger partial charge in [-0.25, -0.2) is 0 Å². The molecule has 2 unspecified atom stereocenters. The van der Waals surface area contributed by atoms with Gasteiger partial charge in [-0.05, 0) is 30.9 Å². The van der Waals surface area contributed by atoms with Crippen LogP contribution < -0.4 is 16.0 Å². The van der Waals surface area contributed by atoms with Crippen molar-refractivity contribution < 1.29 is 14.4 Å². The molecule has 3 N–H and O–H groups in total. The lowest BCUT2D eigenvalue weighted by Crippen LogP contribution is -2.55. The maximum Gasteiger partial charge on any atom is 0.243 e. The quantitative estimate of drug-likeness (QED) is 0.684. The van der Waals surface area contributed by atoms with Crippen LogP contribution in [0.3, 0.4) is 0 Å². The van der Waals surface area contributed by atoms with Gasteiger partial charge in [0, 0.05) is 12.1 Å². The summed E-state index contributed by atoms with van der Waals surface area (Å²) in [7, 11) is 0. The number of aryl methyl sites for hydroxylation is 1. The normalized spacial score (nSPS) is 25.6. The Morgan fingerprint density at radius 2 is 1.57 bits per heavy atom. The van der Waals surface area contributed by atoms with Crippen LogP contribution in [-0.2, 0) is 20.8 Å². The molecule has 0 aliphatic carbocycles. The van der Waals surface area contributed by atoms with E-state index in [1.165, 1.54) is 0 Å². The van der Waals surface area contributed by atoms with Crippen molar-refractivity contribution in [2.75, 3.05) is 5.32 Å². The van der Waals surface area contributed by atoms with Gasteiger partial charge in [-0.15, -0.1) is 0 Å². The summed E-state index contributed by atoms with van der Waals surface area (Å²) in [4.78, 5) is 35.2. The standard InChI is InChI=1S/C15H17N3O3/c19-13-8-7-12(15(21)18-13)16-11-6-5-9-3-1-2-4-10(9)17-14(11)20/h1-4,11-12,16H,5-8H2,(H,17,20)(H,18,19,21). The highest BCUT2D eigenvalue weighted by atomic mass is 16.2. The summed E-state index contributed by atoms with van der Waals surface area (Å²) in [6.45, 7) is 0. The van der Waals surface area contributed by atoms with Crippen LogP contribution in [0, 0.1) is 0 Å². The maximum atomic E-state index is 12.2. The molecule has 2 heterocycles. The molecular formula is C15H17N3O3. The Hall–Kier alpha value is -2.21. The van der Waals surface area contributed by atoms with Gasteiger partial charge in [-0.2, -0.15) is 0 Å². The second-order valence-corrected chi connectivity index (χ2v) is 5.41. The lowest BCUT2D eigenvalue weighted by Gasteiger charge is -2.25. The number of amides is 3. The maximum absolute atomic E-state index is 12.2. The van der Waals surface area contributed by atoms with E-state index < -0.39 is 12.1 Å². The molecule has 2 atom stereocenters. The third-order valence-corrected chi connectivity index (χ3v) is 3.94. The molecule has 1 aromatic carbocycles. The number of imide groups is 1. The van der Waals surface area contributed by atoms with Crippen LogP contribution in [0.4, 0.5) is 5.69 Å². The summed E-state index contributed by atoms with van der Waals surface area (Å²) < 4.78 is 0. The number of piperidine rings is 1. The molecule has 0 radical (unpaired) electrons. The van der Waals surface area contributed by atoms with Crippen molar-refractivity contribution in [3.63, 3.8) is 0 Å². The van der Waals surface area contributed by atoms with Crippen molar-refractivity contribution in [2.24, 2.45) is 0 Å². The average Bonchev–Trinajstić information content (AvgIpc) is 2.61. The summed E-state index contributed by atoms with van der Waals surface area (Å²) in [5.41, 5.74) is 1.92. The first kappa shape index (κ1) is 13.8. The number of fused-ring (bicyclic) bond motifs is 1. The minimum atomic E-state index is -0.486. The minimum Gasteiger partial charge on any atom is -0.324 e. The lowest BCUT2D eigenvalue weighted by atomic mass is 10.0. The number of para-hydroxylation sites is 1. The monoisotopic (exact) mass is 287 g/mol. The Morgan fingerprint density at radius 3 is 2.33 bits per heavy atom. The second kappa shape index (κ2) is 5.65. The van der Waals surface area contributed by atoms with Crippen molar-refractivity contribution in [3.05, 3.63) is 29.8 Å². The molecular weight excluding hydrogens is 270 g/mol. The number of nitrogens with one attached hydrogen (secondary N) is 3. The summed E-state index contributed by atoms with van der Waals surface area (Å²) >= 11 is 0. The first-order valence-corrected chi connectivity index (χ1v) is 7.12. The fraction of sp³-hybridized carbons (Fsp3) is 0.400. The molecule has 1 fully saturated rings. The van der Waals surface area contributed by atoms with Crippen LogP contribution in [-0.4, -0.2) is 29.8 Å². The summed E-state index contributed by atoms with van der Waals surface area (Å²) in [5.74, 6) is -0.735. The highest BCUT2D eigenvalue weighted by Gasteiger charge is 2.31. The van der Waals surface area contributed by atoms with E-state index in [1.807, 2.05) is 24.3 Å². The fourth-order valence-electron chi connectivity index (χ4n) is 2.77. The number of hydrogen-bond donors (Lipinski definition) is 3. The molecule has 0 aromatic heterocycles. The van der Waals surface area contributed by atoms with Gasteiger partial charge in [0.1, 0.15) is 0 Å². The Morgan fingerprint density at radius 1 is 0.905 bits per heavy atom. The largest absolute Gasteiger partial charge is 0.324 e. The van der Waals surface area contributed by atoms with Crippen molar-refractivity contribution in [3.8, 4) is 0 Å². The van der Waals surface area contributed by atoms with Gasteiger partial charge in [0.25, 0.3) is 0 Å². The number of hydrogen-bond acceptors (Lipinski definition) is 4. The molecule has 110 valence electrons. The van der Waals surface area contributed by atoms with E-state index in [4.69, 9.17) is 0 Å². The van der Waals surface area contributed by atoms with Crippen LogP contribution in [0.1, 0.15) is 24.8 Å². The van der Waals surface area contributed by atoms with E-state index in [0.29, 0.717) is 19.3 Å². The Kier molecular flexibility index (Phi) is 3.70. The molecule has 0 spiro atoms. The average molecular weight is 287 g/mol. The molecule has 6 nitrogen and oxygen atoms in total. The van der Waals surface area contributed by atoms with Crippen LogP contribution in [0.5, 0.6) is 0 Å². The Bertz CT molecular complexity index is 600. The van der Waals surface area contributed by atoms with Gasteiger partial charge in [0.2, 0.25) is 17.7 Å². The third kappa shape index (κ3) is 2.95. The smallest absolute Gasteiger partial charge is 0.243 e. The number of carbonyl (C=O) groups is 3. The first-order chi connectivity index (χ1) is 10.1. The van der Waals surface area contributed by atoms with Crippen LogP contribution in [0.15, 0.2) is 24.3 Å². The Balaban J connectivity index is 1.69. The first-order valence-electron chi connectivity index (χ1n) is 7.12. The Labute approximate surface area is 122 Å². The number of anilines is 1. The summed E-state index contributed by atoms with van der Waals surface area (Å²) in [6.07, 6.45) is 2.12. The number of benzene rings is 1. The van der Waals surface area contributed by atoms with E-state index in [2.05, 4.69) is 16.0 Å². The molecule has 2 aliphatic rings. The van der Waals surface area contributed by atoms with Crippen molar-refractivity contribution in [1.82, 2.24) is 10.6 Å². The zero-order valence-corrected chi connectivity index (χ0v) is 11.5. The topological polar surface area (TPSA) is 87.3 Å². The molecule has 2 aliphatic heterocycles. The van der Waals surface area contributed by atoms with E-state index in [1.54, 1.807) is 0 Å². The molecule has 21 heavy (non-hydrogen) atoms. The van der Waals surface area contributed by atoms with Gasteiger partial charge in [0.15, 0.2) is 0 Å². The summed E-state index contributed by atoms with van der Waals surface area (Å²) in [6, 6.07) is 6.78. The zero-order valence-electron chi connectivity index (χ0n) is 11.5. The molecule has 1 saturated heterocycles.